The maximum Gasteiger partial charge on any atom is 0.0943 e. The lowest BCUT2D eigenvalue weighted by molar-refractivity contribution is 0.168. The molecule has 1 heterocycles. The van der Waals surface area contributed by atoms with Crippen LogP contribution in [0.5, 0.6) is 0 Å². The zero-order chi connectivity index (χ0) is 15.7. The number of rotatable bonds is 4. The second kappa shape index (κ2) is 6.59. The number of aromatic nitrogens is 2. The molecule has 0 radical (unpaired) electrons. The van der Waals surface area contributed by atoms with Gasteiger partial charge in [0.15, 0.2) is 0 Å². The second-order valence-corrected chi connectivity index (χ2v) is 6.49. The van der Waals surface area contributed by atoms with Gasteiger partial charge in [0.25, 0.3) is 0 Å². The molecule has 22 heavy (non-hydrogen) atoms. The third-order valence-electron chi connectivity index (χ3n) is 4.27. The zero-order valence-corrected chi connectivity index (χ0v) is 13.9. The molecule has 2 aromatic rings. The average Bonchev–Trinajstić information content (AvgIpc) is 2.87. The van der Waals surface area contributed by atoms with Crippen molar-refractivity contribution in [3.63, 3.8) is 0 Å². The van der Waals surface area contributed by atoms with Crippen molar-refractivity contribution >= 4 is 23.2 Å². The van der Waals surface area contributed by atoms with E-state index in [1.54, 1.807) is 18.2 Å². The predicted octanol–water partition coefficient (Wildman–Crippen LogP) is 3.43. The Labute approximate surface area is 140 Å². The SMILES string of the molecule is Cn1ncc2c1CCCC2NCC(O)c1c(Cl)cccc1Cl. The van der Waals surface area contributed by atoms with Gasteiger partial charge in [0.05, 0.1) is 12.3 Å². The van der Waals surface area contributed by atoms with Crippen LogP contribution in [-0.2, 0) is 13.5 Å². The Hall–Kier alpha value is -1.07. The van der Waals surface area contributed by atoms with Gasteiger partial charge in [-0.15, -0.1) is 0 Å². The highest BCUT2D eigenvalue weighted by Gasteiger charge is 2.24. The Bertz CT molecular complexity index is 651. The maximum absolute atomic E-state index is 10.4. The number of aliphatic hydroxyl groups excluding tert-OH is 1. The minimum absolute atomic E-state index is 0.216. The Morgan fingerprint density at radius 3 is 2.86 bits per heavy atom. The summed E-state index contributed by atoms with van der Waals surface area (Å²) in [5.74, 6) is 0. The van der Waals surface area contributed by atoms with Crippen molar-refractivity contribution in [2.45, 2.75) is 31.4 Å². The molecular weight excluding hydrogens is 321 g/mol. The van der Waals surface area contributed by atoms with E-state index in [1.807, 2.05) is 17.9 Å². The molecule has 2 atom stereocenters. The van der Waals surface area contributed by atoms with Crippen molar-refractivity contribution in [3.8, 4) is 0 Å². The molecule has 0 amide bonds. The van der Waals surface area contributed by atoms with Crippen molar-refractivity contribution in [1.29, 1.82) is 0 Å². The molecule has 1 aliphatic carbocycles. The fourth-order valence-electron chi connectivity index (χ4n) is 3.10. The van der Waals surface area contributed by atoms with Crippen LogP contribution in [0.15, 0.2) is 24.4 Å². The minimum Gasteiger partial charge on any atom is -0.387 e. The van der Waals surface area contributed by atoms with Crippen molar-refractivity contribution in [2.24, 2.45) is 7.05 Å². The van der Waals surface area contributed by atoms with Crippen LogP contribution >= 0.6 is 23.2 Å². The summed E-state index contributed by atoms with van der Waals surface area (Å²) in [6, 6.07) is 5.48. The van der Waals surface area contributed by atoms with Crippen molar-refractivity contribution in [2.75, 3.05) is 6.54 Å². The van der Waals surface area contributed by atoms with E-state index in [0.717, 1.165) is 19.3 Å². The first kappa shape index (κ1) is 15.8. The number of aliphatic hydroxyl groups is 1. The molecule has 2 N–H and O–H groups in total. The molecule has 1 aromatic carbocycles. The Morgan fingerprint density at radius 2 is 2.14 bits per heavy atom. The van der Waals surface area contributed by atoms with E-state index >= 15 is 0 Å². The second-order valence-electron chi connectivity index (χ2n) is 5.67. The summed E-state index contributed by atoms with van der Waals surface area (Å²) in [5, 5.41) is 19.2. The van der Waals surface area contributed by atoms with E-state index in [0.29, 0.717) is 22.2 Å². The highest BCUT2D eigenvalue weighted by Crippen LogP contribution is 2.32. The van der Waals surface area contributed by atoms with Crippen LogP contribution in [0.25, 0.3) is 0 Å². The van der Waals surface area contributed by atoms with Crippen molar-refractivity contribution in [3.05, 3.63) is 51.3 Å². The van der Waals surface area contributed by atoms with Gasteiger partial charge >= 0.3 is 0 Å². The number of nitrogens with one attached hydrogen (secondary N) is 1. The monoisotopic (exact) mass is 339 g/mol. The van der Waals surface area contributed by atoms with E-state index in [-0.39, 0.29) is 6.04 Å². The van der Waals surface area contributed by atoms with E-state index < -0.39 is 6.10 Å². The number of aryl methyl sites for hydroxylation is 1. The van der Waals surface area contributed by atoms with Gasteiger partial charge in [0.1, 0.15) is 0 Å². The molecule has 0 saturated heterocycles. The first-order valence-corrected chi connectivity index (χ1v) is 8.19. The normalized spacial score (nSPS) is 19.0. The van der Waals surface area contributed by atoms with E-state index in [2.05, 4.69) is 10.4 Å². The highest BCUT2D eigenvalue weighted by molar-refractivity contribution is 6.36. The fourth-order valence-corrected chi connectivity index (χ4v) is 3.75. The van der Waals surface area contributed by atoms with Crippen LogP contribution in [0.3, 0.4) is 0 Å². The molecule has 0 aliphatic heterocycles. The summed E-state index contributed by atoms with van der Waals surface area (Å²) in [7, 11) is 1.97. The van der Waals surface area contributed by atoms with Gasteiger partial charge in [-0.05, 0) is 31.4 Å². The van der Waals surface area contributed by atoms with Gasteiger partial charge in [0, 0.05) is 46.5 Å². The Morgan fingerprint density at radius 1 is 1.41 bits per heavy atom. The van der Waals surface area contributed by atoms with E-state index in [9.17, 15) is 5.11 Å². The van der Waals surface area contributed by atoms with Crippen molar-refractivity contribution < 1.29 is 5.11 Å². The number of hydrogen-bond acceptors (Lipinski definition) is 3. The lowest BCUT2D eigenvalue weighted by Gasteiger charge is -2.25. The number of hydrogen-bond donors (Lipinski definition) is 2. The zero-order valence-electron chi connectivity index (χ0n) is 12.4. The van der Waals surface area contributed by atoms with Crippen molar-refractivity contribution in [1.82, 2.24) is 15.1 Å². The van der Waals surface area contributed by atoms with Gasteiger partial charge in [-0.2, -0.15) is 5.10 Å². The van der Waals surface area contributed by atoms with E-state index in [1.165, 1.54) is 11.3 Å². The first-order chi connectivity index (χ1) is 10.6. The number of nitrogens with zero attached hydrogens (tertiary/aromatic N) is 2. The van der Waals surface area contributed by atoms with Crippen LogP contribution in [-0.4, -0.2) is 21.4 Å². The summed E-state index contributed by atoms with van der Waals surface area (Å²) in [4.78, 5) is 0. The first-order valence-electron chi connectivity index (χ1n) is 7.44. The van der Waals surface area contributed by atoms with Crippen LogP contribution in [0.1, 0.15) is 41.8 Å². The molecule has 0 saturated carbocycles. The molecule has 4 nitrogen and oxygen atoms in total. The van der Waals surface area contributed by atoms with Gasteiger partial charge in [-0.25, -0.2) is 0 Å². The number of halogens is 2. The lowest BCUT2D eigenvalue weighted by atomic mass is 9.92. The molecular formula is C16H19Cl2N3O. The smallest absolute Gasteiger partial charge is 0.0943 e. The van der Waals surface area contributed by atoms with Crippen LogP contribution in [0, 0.1) is 0 Å². The molecule has 118 valence electrons. The molecule has 2 unspecified atom stereocenters. The standard InChI is InChI=1S/C16H19Cl2N3O/c1-21-14-7-3-6-13(10(14)8-20-21)19-9-15(22)16-11(17)4-2-5-12(16)18/h2,4-5,8,13,15,19,22H,3,6-7,9H2,1H3. The average molecular weight is 340 g/mol. The van der Waals surface area contributed by atoms with Gasteiger partial charge in [-0.3, -0.25) is 4.68 Å². The molecule has 0 spiro atoms. The Balaban J connectivity index is 1.71. The summed E-state index contributed by atoms with van der Waals surface area (Å²) >= 11 is 12.3. The predicted molar refractivity (Wildman–Crippen MR) is 88.3 cm³/mol. The van der Waals surface area contributed by atoms with Gasteiger partial charge < -0.3 is 10.4 Å². The summed E-state index contributed by atoms with van der Waals surface area (Å²) < 4.78 is 1.94. The topological polar surface area (TPSA) is 50.1 Å². The molecule has 1 aromatic heterocycles. The van der Waals surface area contributed by atoms with E-state index in [4.69, 9.17) is 23.2 Å². The quantitative estimate of drug-likeness (QED) is 0.897. The molecule has 0 bridgehead atoms. The van der Waals surface area contributed by atoms with Crippen LogP contribution in [0.4, 0.5) is 0 Å². The summed E-state index contributed by atoms with van der Waals surface area (Å²) in [6.45, 7) is 0.405. The Kier molecular flexibility index (Phi) is 4.73. The summed E-state index contributed by atoms with van der Waals surface area (Å²) in [5.41, 5.74) is 3.08. The molecule has 3 rings (SSSR count). The number of benzene rings is 1. The highest BCUT2D eigenvalue weighted by atomic mass is 35.5. The molecule has 6 heteroatoms. The van der Waals surface area contributed by atoms with Crippen LogP contribution in [0.2, 0.25) is 10.0 Å². The fraction of sp³-hybridized carbons (Fsp3) is 0.438. The van der Waals surface area contributed by atoms with Gasteiger partial charge in [-0.1, -0.05) is 29.3 Å². The maximum atomic E-state index is 10.4. The van der Waals surface area contributed by atoms with Gasteiger partial charge in [0.2, 0.25) is 0 Å². The minimum atomic E-state index is -0.733. The third-order valence-corrected chi connectivity index (χ3v) is 4.93. The third kappa shape index (κ3) is 3.01. The summed E-state index contributed by atoms with van der Waals surface area (Å²) in [6.07, 6.45) is 4.40. The molecule has 1 aliphatic rings. The van der Waals surface area contributed by atoms with Crippen LogP contribution < -0.4 is 5.32 Å². The molecule has 0 fully saturated rings. The number of fused-ring (bicyclic) bond motifs is 1. The largest absolute Gasteiger partial charge is 0.387 e. The lowest BCUT2D eigenvalue weighted by Crippen LogP contribution is -2.29.